The molecule has 0 aromatic heterocycles. The van der Waals surface area contributed by atoms with Crippen LogP contribution in [0.1, 0.15) is 36.6 Å². The molecule has 0 aliphatic rings. The van der Waals surface area contributed by atoms with Gasteiger partial charge in [0.1, 0.15) is 5.75 Å². The van der Waals surface area contributed by atoms with Gasteiger partial charge in [-0.2, -0.15) is 0 Å². The average molecular weight is 250 g/mol. The van der Waals surface area contributed by atoms with Crippen LogP contribution in [0.4, 0.5) is 0 Å². The maximum Gasteiger partial charge on any atom is 0.123 e. The molecule has 3 N–H and O–H groups in total. The predicted octanol–water partition coefficient (Wildman–Crippen LogP) is 2.56. The van der Waals surface area contributed by atoms with Gasteiger partial charge in [0.15, 0.2) is 0 Å². The Morgan fingerprint density at radius 1 is 1.28 bits per heavy atom. The summed E-state index contributed by atoms with van der Waals surface area (Å²) in [4.78, 5) is 0. The molecule has 0 saturated heterocycles. The molecule has 1 rings (SSSR count). The summed E-state index contributed by atoms with van der Waals surface area (Å²) in [6.07, 6.45) is 0. The van der Waals surface area contributed by atoms with Crippen molar-refractivity contribution in [3.8, 4) is 5.75 Å². The van der Waals surface area contributed by atoms with Crippen LogP contribution in [0.3, 0.4) is 0 Å². The fourth-order valence-electron chi connectivity index (χ4n) is 2.30. The number of nitrogens with two attached hydrogens (primary N) is 1. The molecule has 0 aliphatic heterocycles. The number of hydrogen-bond donors (Lipinski definition) is 2. The van der Waals surface area contributed by atoms with Crippen molar-refractivity contribution >= 4 is 0 Å². The Morgan fingerprint density at radius 3 is 2.28 bits per heavy atom. The Hall–Kier alpha value is -1.06. The molecule has 18 heavy (non-hydrogen) atoms. The molecule has 0 bridgehead atoms. The van der Waals surface area contributed by atoms with E-state index in [2.05, 4.69) is 45.1 Å². The number of aryl methyl sites for hydroxylation is 2. The summed E-state index contributed by atoms with van der Waals surface area (Å²) < 4.78 is 5.52. The lowest BCUT2D eigenvalue weighted by atomic mass is 9.79. The average Bonchev–Trinajstić information content (AvgIpc) is 2.33. The van der Waals surface area contributed by atoms with E-state index in [0.29, 0.717) is 6.54 Å². The molecule has 1 atom stereocenters. The van der Waals surface area contributed by atoms with Gasteiger partial charge in [-0.05, 0) is 50.0 Å². The molecule has 1 aromatic carbocycles. The predicted molar refractivity (Wildman–Crippen MR) is 77.1 cm³/mol. The van der Waals surface area contributed by atoms with Crippen LogP contribution >= 0.6 is 0 Å². The number of rotatable bonds is 5. The SMILES string of the molecule is CNC(c1cc(C)c(C)cc1OC)C(C)(C)CN. The van der Waals surface area contributed by atoms with Crippen LogP contribution in [-0.4, -0.2) is 20.7 Å². The zero-order valence-corrected chi connectivity index (χ0v) is 12.4. The van der Waals surface area contributed by atoms with E-state index < -0.39 is 0 Å². The van der Waals surface area contributed by atoms with Crippen LogP contribution < -0.4 is 15.8 Å². The Labute approximate surface area is 111 Å². The number of benzene rings is 1. The van der Waals surface area contributed by atoms with Crippen LogP contribution in [0.5, 0.6) is 5.75 Å². The molecule has 0 saturated carbocycles. The van der Waals surface area contributed by atoms with Crippen LogP contribution in [0, 0.1) is 19.3 Å². The first-order valence-electron chi connectivity index (χ1n) is 6.39. The lowest BCUT2D eigenvalue weighted by Gasteiger charge is -2.34. The molecule has 0 spiro atoms. The van der Waals surface area contributed by atoms with Gasteiger partial charge in [0.25, 0.3) is 0 Å². The molecule has 0 radical (unpaired) electrons. The maximum atomic E-state index is 5.90. The monoisotopic (exact) mass is 250 g/mol. The molecule has 0 amide bonds. The first-order valence-corrected chi connectivity index (χ1v) is 6.39. The minimum Gasteiger partial charge on any atom is -0.496 e. The summed E-state index contributed by atoms with van der Waals surface area (Å²) in [5.41, 5.74) is 9.58. The van der Waals surface area contributed by atoms with Crippen LogP contribution in [0.25, 0.3) is 0 Å². The standard InChI is InChI=1S/C15H26N2O/c1-10-7-12(13(18-6)8-11(10)2)14(17-5)15(3,4)9-16/h7-8,14,17H,9,16H2,1-6H3. The summed E-state index contributed by atoms with van der Waals surface area (Å²) in [7, 11) is 3.69. The first kappa shape index (κ1) is 15.0. The maximum absolute atomic E-state index is 5.90. The fraction of sp³-hybridized carbons (Fsp3) is 0.600. The van der Waals surface area contributed by atoms with Crippen molar-refractivity contribution in [1.29, 1.82) is 0 Å². The van der Waals surface area contributed by atoms with E-state index in [9.17, 15) is 0 Å². The Morgan fingerprint density at radius 2 is 1.83 bits per heavy atom. The van der Waals surface area contributed by atoms with Gasteiger partial charge in [0, 0.05) is 11.6 Å². The number of nitrogens with one attached hydrogen (secondary N) is 1. The van der Waals surface area contributed by atoms with Gasteiger partial charge in [0.05, 0.1) is 7.11 Å². The molecule has 1 aromatic rings. The lowest BCUT2D eigenvalue weighted by molar-refractivity contribution is 0.258. The molecule has 0 aliphatic carbocycles. The van der Waals surface area contributed by atoms with Gasteiger partial charge in [0.2, 0.25) is 0 Å². The third-order valence-corrected chi connectivity index (χ3v) is 3.75. The highest BCUT2D eigenvalue weighted by Gasteiger charge is 2.30. The van der Waals surface area contributed by atoms with E-state index in [1.807, 2.05) is 7.05 Å². The zero-order valence-electron chi connectivity index (χ0n) is 12.4. The van der Waals surface area contributed by atoms with Crippen molar-refractivity contribution in [2.75, 3.05) is 20.7 Å². The Kier molecular flexibility index (Phi) is 4.77. The first-order chi connectivity index (χ1) is 8.37. The zero-order chi connectivity index (χ0) is 13.9. The van der Waals surface area contributed by atoms with E-state index in [4.69, 9.17) is 10.5 Å². The van der Waals surface area contributed by atoms with Crippen molar-refractivity contribution in [3.05, 3.63) is 28.8 Å². The van der Waals surface area contributed by atoms with E-state index in [-0.39, 0.29) is 11.5 Å². The fourth-order valence-corrected chi connectivity index (χ4v) is 2.30. The van der Waals surface area contributed by atoms with Crippen molar-refractivity contribution in [1.82, 2.24) is 5.32 Å². The van der Waals surface area contributed by atoms with Crippen LogP contribution in [-0.2, 0) is 0 Å². The highest BCUT2D eigenvalue weighted by molar-refractivity contribution is 5.44. The summed E-state index contributed by atoms with van der Waals surface area (Å²) in [5.74, 6) is 0.930. The van der Waals surface area contributed by atoms with Crippen LogP contribution in [0.2, 0.25) is 0 Å². The van der Waals surface area contributed by atoms with Crippen LogP contribution in [0.15, 0.2) is 12.1 Å². The molecule has 3 heteroatoms. The quantitative estimate of drug-likeness (QED) is 0.844. The second kappa shape index (κ2) is 5.72. The van der Waals surface area contributed by atoms with E-state index >= 15 is 0 Å². The van der Waals surface area contributed by atoms with Gasteiger partial charge >= 0.3 is 0 Å². The smallest absolute Gasteiger partial charge is 0.123 e. The number of ether oxygens (including phenoxy) is 1. The summed E-state index contributed by atoms with van der Waals surface area (Å²) in [6, 6.07) is 4.48. The van der Waals surface area contributed by atoms with Crippen molar-refractivity contribution in [3.63, 3.8) is 0 Å². The third-order valence-electron chi connectivity index (χ3n) is 3.75. The highest BCUT2D eigenvalue weighted by Crippen LogP contribution is 2.38. The topological polar surface area (TPSA) is 47.3 Å². The van der Waals surface area contributed by atoms with Gasteiger partial charge in [-0.15, -0.1) is 0 Å². The summed E-state index contributed by atoms with van der Waals surface area (Å²) in [6.45, 7) is 9.19. The second-order valence-electron chi connectivity index (χ2n) is 5.59. The van der Waals surface area contributed by atoms with E-state index in [0.717, 1.165) is 5.75 Å². The van der Waals surface area contributed by atoms with Gasteiger partial charge in [-0.25, -0.2) is 0 Å². The van der Waals surface area contributed by atoms with Crippen molar-refractivity contribution in [2.45, 2.75) is 33.7 Å². The van der Waals surface area contributed by atoms with Gasteiger partial charge in [-0.3, -0.25) is 0 Å². The summed E-state index contributed by atoms with van der Waals surface area (Å²) in [5, 5.41) is 3.37. The molecule has 3 nitrogen and oxygen atoms in total. The van der Waals surface area contributed by atoms with E-state index in [1.54, 1.807) is 7.11 Å². The summed E-state index contributed by atoms with van der Waals surface area (Å²) >= 11 is 0. The molecular formula is C15H26N2O. The number of methoxy groups -OCH3 is 1. The molecule has 0 heterocycles. The third kappa shape index (κ3) is 2.85. The minimum absolute atomic E-state index is 0.0241. The Balaban J connectivity index is 3.33. The second-order valence-corrected chi connectivity index (χ2v) is 5.59. The molecule has 1 unspecified atom stereocenters. The lowest BCUT2D eigenvalue weighted by Crippen LogP contribution is -2.38. The number of hydrogen-bond acceptors (Lipinski definition) is 3. The van der Waals surface area contributed by atoms with Crippen molar-refractivity contribution in [2.24, 2.45) is 11.1 Å². The van der Waals surface area contributed by atoms with Crippen molar-refractivity contribution < 1.29 is 4.74 Å². The van der Waals surface area contributed by atoms with E-state index in [1.165, 1.54) is 16.7 Å². The molecule has 102 valence electrons. The highest BCUT2D eigenvalue weighted by atomic mass is 16.5. The minimum atomic E-state index is -0.0241. The molecular weight excluding hydrogens is 224 g/mol. The normalized spacial score (nSPS) is 13.5. The van der Waals surface area contributed by atoms with Gasteiger partial charge in [-0.1, -0.05) is 19.9 Å². The largest absolute Gasteiger partial charge is 0.496 e. The Bertz CT molecular complexity index is 413. The van der Waals surface area contributed by atoms with Gasteiger partial charge < -0.3 is 15.8 Å². The molecule has 0 fully saturated rings.